The summed E-state index contributed by atoms with van der Waals surface area (Å²) in [6, 6.07) is 10.9. The fourth-order valence-electron chi connectivity index (χ4n) is 3.66. The summed E-state index contributed by atoms with van der Waals surface area (Å²) >= 11 is 0. The molecule has 1 rings (SSSR count). The first-order chi connectivity index (χ1) is 12.2. The topological polar surface area (TPSA) is 0 Å². The Bertz CT molecular complexity index is 402. The van der Waals surface area contributed by atoms with E-state index in [0.29, 0.717) is 0 Å². The van der Waals surface area contributed by atoms with Gasteiger partial charge >= 0.3 is 0 Å². The second-order valence-electron chi connectivity index (χ2n) is 8.34. The highest BCUT2D eigenvalue weighted by Gasteiger charge is 2.17. The Morgan fingerprint density at radius 3 is 1.38 bits per heavy atom. The fraction of sp³-hybridized carbons (Fsp3) is 0.750. The van der Waals surface area contributed by atoms with Gasteiger partial charge in [0.2, 0.25) is 0 Å². The number of unbranched alkanes of at least 4 members (excludes halogenated alkanes) is 13. The van der Waals surface area contributed by atoms with Crippen LogP contribution in [-0.4, -0.2) is 20.6 Å². The van der Waals surface area contributed by atoms with Crippen molar-refractivity contribution in [3.8, 4) is 0 Å². The summed E-state index contributed by atoms with van der Waals surface area (Å²) < 4.78 is 1.01. The lowest BCUT2D eigenvalue weighted by molar-refractivity contribution is -0.00000560. The Hall–Kier alpha value is -0.530. The summed E-state index contributed by atoms with van der Waals surface area (Å²) in [4.78, 5) is 0. The van der Waals surface area contributed by atoms with Crippen LogP contribution < -0.4 is 16.9 Å². The van der Waals surface area contributed by atoms with Crippen LogP contribution in [0.1, 0.15) is 96.8 Å². The minimum absolute atomic E-state index is 0. The van der Waals surface area contributed by atoms with Gasteiger partial charge in [-0.1, -0.05) is 102 Å². The minimum Gasteiger partial charge on any atom is -1.00 e. The van der Waals surface area contributed by atoms with E-state index in [1.807, 2.05) is 0 Å². The zero-order chi connectivity index (χ0) is 18.2. The number of rotatable bonds is 16. The maximum absolute atomic E-state index is 2.33. The second kappa shape index (κ2) is 16.6. The third-order valence-electron chi connectivity index (χ3n) is 5.53. The Balaban J connectivity index is 0.00000625. The van der Waals surface area contributed by atoms with E-state index < -0.39 is 0 Å². The number of quaternary nitrogens is 1. The molecular formula is C24H44ClN. The largest absolute Gasteiger partial charge is 1.00 e. The number of hydrogen-bond donors (Lipinski definition) is 0. The van der Waals surface area contributed by atoms with Crippen LogP contribution in [0.3, 0.4) is 0 Å². The van der Waals surface area contributed by atoms with Crippen molar-refractivity contribution in [1.82, 2.24) is 4.48 Å². The maximum Gasteiger partial charge on any atom is 0.132 e. The molecule has 0 amide bonds. The summed E-state index contributed by atoms with van der Waals surface area (Å²) in [6.07, 6.45) is 20.1. The zero-order valence-electron chi connectivity index (χ0n) is 17.8. The highest BCUT2D eigenvalue weighted by atomic mass is 35.5. The lowest BCUT2D eigenvalue weighted by Crippen LogP contribution is -3.00. The quantitative estimate of drug-likeness (QED) is 0.286. The van der Waals surface area contributed by atoms with Gasteiger partial charge in [0, 0.05) is 0 Å². The summed E-state index contributed by atoms with van der Waals surface area (Å²) in [7, 11) is 4.66. The molecule has 152 valence electrons. The molecular weight excluding hydrogens is 338 g/mol. The molecule has 0 unspecified atom stereocenters. The summed E-state index contributed by atoms with van der Waals surface area (Å²) in [5, 5.41) is 0. The van der Waals surface area contributed by atoms with Crippen LogP contribution >= 0.6 is 0 Å². The molecule has 0 aliphatic carbocycles. The number of benzene rings is 1. The molecule has 0 atom stereocenters. The Morgan fingerprint density at radius 1 is 0.577 bits per heavy atom. The molecule has 2 heteroatoms. The lowest BCUT2D eigenvalue weighted by Gasteiger charge is -2.29. The molecule has 1 aromatic rings. The molecule has 1 aromatic carbocycles. The van der Waals surface area contributed by atoms with Crippen molar-refractivity contribution in [2.45, 2.75) is 96.8 Å². The first kappa shape index (κ1) is 25.5. The summed E-state index contributed by atoms with van der Waals surface area (Å²) in [5.74, 6) is 0. The van der Waals surface area contributed by atoms with Gasteiger partial charge in [-0.3, -0.25) is 4.48 Å². The second-order valence-corrected chi connectivity index (χ2v) is 8.34. The average Bonchev–Trinajstić information content (AvgIpc) is 2.63. The van der Waals surface area contributed by atoms with E-state index in [1.54, 1.807) is 0 Å². The maximum atomic E-state index is 2.33. The molecule has 0 heterocycles. The van der Waals surface area contributed by atoms with Crippen molar-refractivity contribution in [2.24, 2.45) is 0 Å². The van der Waals surface area contributed by atoms with Gasteiger partial charge in [-0.2, -0.15) is 0 Å². The van der Waals surface area contributed by atoms with Gasteiger partial charge in [0.15, 0.2) is 0 Å². The number of para-hydroxylation sites is 1. The van der Waals surface area contributed by atoms with E-state index in [1.165, 1.54) is 102 Å². The molecule has 1 nitrogen and oxygen atoms in total. The van der Waals surface area contributed by atoms with Crippen LogP contribution in [0.4, 0.5) is 5.69 Å². The van der Waals surface area contributed by atoms with Crippen LogP contribution in [0.25, 0.3) is 0 Å². The van der Waals surface area contributed by atoms with E-state index >= 15 is 0 Å². The SMILES string of the molecule is CCCCCCCCCCCCCCCC[N+](C)(C)c1ccccc1.[Cl-]. The van der Waals surface area contributed by atoms with Crippen molar-refractivity contribution in [3.63, 3.8) is 0 Å². The van der Waals surface area contributed by atoms with E-state index in [4.69, 9.17) is 0 Å². The number of halogens is 1. The molecule has 0 bridgehead atoms. The van der Waals surface area contributed by atoms with Crippen molar-refractivity contribution >= 4 is 5.69 Å². The minimum atomic E-state index is 0. The van der Waals surface area contributed by atoms with Crippen molar-refractivity contribution < 1.29 is 12.4 Å². The van der Waals surface area contributed by atoms with Crippen LogP contribution in [0.15, 0.2) is 30.3 Å². The number of hydrogen-bond acceptors (Lipinski definition) is 0. The van der Waals surface area contributed by atoms with E-state index in [-0.39, 0.29) is 12.4 Å². The molecule has 0 spiro atoms. The van der Waals surface area contributed by atoms with Gasteiger partial charge in [-0.05, 0) is 25.0 Å². The molecule has 0 saturated heterocycles. The highest BCUT2D eigenvalue weighted by molar-refractivity contribution is 5.40. The van der Waals surface area contributed by atoms with Crippen molar-refractivity contribution in [2.75, 3.05) is 20.6 Å². The molecule has 0 saturated carbocycles. The third-order valence-corrected chi connectivity index (χ3v) is 5.53. The van der Waals surface area contributed by atoms with Crippen LogP contribution in [-0.2, 0) is 0 Å². The van der Waals surface area contributed by atoms with E-state index in [0.717, 1.165) is 4.48 Å². The standard InChI is InChI=1S/C24H44N.ClH/c1-4-5-6-7-8-9-10-11-12-13-14-15-16-20-23-25(2,3)24-21-18-17-19-22-24;/h17-19,21-22H,4-16,20,23H2,1-3H3;1H/q+1;/p-1. The first-order valence-electron chi connectivity index (χ1n) is 11.1. The lowest BCUT2D eigenvalue weighted by atomic mass is 10.0. The Kier molecular flexibility index (Phi) is 16.3. The van der Waals surface area contributed by atoms with Gasteiger partial charge in [-0.15, -0.1) is 0 Å². The Labute approximate surface area is 170 Å². The van der Waals surface area contributed by atoms with Gasteiger partial charge < -0.3 is 12.4 Å². The van der Waals surface area contributed by atoms with Gasteiger partial charge in [0.1, 0.15) is 5.69 Å². The predicted octanol–water partition coefficient (Wildman–Crippen LogP) is 4.74. The molecule has 0 fully saturated rings. The van der Waals surface area contributed by atoms with E-state index in [2.05, 4.69) is 51.4 Å². The normalized spacial score (nSPS) is 11.3. The third kappa shape index (κ3) is 12.8. The number of nitrogens with zero attached hydrogens (tertiary/aromatic N) is 1. The van der Waals surface area contributed by atoms with Crippen LogP contribution in [0.5, 0.6) is 0 Å². The molecule has 0 aliphatic rings. The van der Waals surface area contributed by atoms with Crippen molar-refractivity contribution in [1.29, 1.82) is 0 Å². The molecule has 0 N–H and O–H groups in total. The Morgan fingerprint density at radius 2 is 0.962 bits per heavy atom. The van der Waals surface area contributed by atoms with E-state index in [9.17, 15) is 0 Å². The average molecular weight is 382 g/mol. The zero-order valence-corrected chi connectivity index (χ0v) is 18.6. The molecule has 0 aliphatic heterocycles. The molecule has 0 aromatic heterocycles. The summed E-state index contributed by atoms with van der Waals surface area (Å²) in [6.45, 7) is 3.55. The van der Waals surface area contributed by atoms with Gasteiger partial charge in [0.05, 0.1) is 20.6 Å². The summed E-state index contributed by atoms with van der Waals surface area (Å²) in [5.41, 5.74) is 1.43. The van der Waals surface area contributed by atoms with Gasteiger partial charge in [-0.25, -0.2) is 0 Å². The van der Waals surface area contributed by atoms with Crippen LogP contribution in [0, 0.1) is 0 Å². The van der Waals surface area contributed by atoms with Gasteiger partial charge in [0.25, 0.3) is 0 Å². The molecule has 0 radical (unpaired) electrons. The monoisotopic (exact) mass is 381 g/mol. The fourth-order valence-corrected chi connectivity index (χ4v) is 3.66. The first-order valence-corrected chi connectivity index (χ1v) is 11.1. The van der Waals surface area contributed by atoms with Crippen LogP contribution in [0.2, 0.25) is 0 Å². The van der Waals surface area contributed by atoms with Crippen molar-refractivity contribution in [3.05, 3.63) is 30.3 Å². The highest BCUT2D eigenvalue weighted by Crippen LogP contribution is 2.19. The smallest absolute Gasteiger partial charge is 0.132 e. The predicted molar refractivity (Wildman–Crippen MR) is 115 cm³/mol. The molecule has 26 heavy (non-hydrogen) atoms.